The molecule has 0 saturated carbocycles. The Balaban J connectivity index is 2.23. The van der Waals surface area contributed by atoms with Crippen LogP contribution >= 0.6 is 11.6 Å². The predicted octanol–water partition coefficient (Wildman–Crippen LogP) is 2.69. The lowest BCUT2D eigenvalue weighted by molar-refractivity contribution is 0.236. The van der Waals surface area contributed by atoms with Gasteiger partial charge in [-0.05, 0) is 43.4 Å². The third-order valence-corrected chi connectivity index (χ3v) is 3.56. The normalized spacial score (nSPS) is 21.6. The summed E-state index contributed by atoms with van der Waals surface area (Å²) in [5.74, 6) is 0. The Morgan fingerprint density at radius 3 is 3.12 bits per heavy atom. The quantitative estimate of drug-likeness (QED) is 0.850. The van der Waals surface area contributed by atoms with E-state index in [1.165, 1.54) is 11.1 Å². The summed E-state index contributed by atoms with van der Waals surface area (Å²) < 4.78 is 0. The van der Waals surface area contributed by atoms with E-state index in [1.807, 2.05) is 19.1 Å². The van der Waals surface area contributed by atoms with Crippen molar-refractivity contribution in [2.24, 2.45) is 0 Å². The number of aliphatic hydroxyl groups excluding tert-OH is 1. The number of nitrogens with one attached hydrogen (secondary N) is 1. The number of fused-ring (bicyclic) bond motifs is 1. The van der Waals surface area contributed by atoms with Crippen LogP contribution in [0.25, 0.3) is 0 Å². The maximum atomic E-state index is 9.08. The van der Waals surface area contributed by atoms with Gasteiger partial charge in [0.25, 0.3) is 0 Å². The van der Waals surface area contributed by atoms with Gasteiger partial charge in [-0.1, -0.05) is 23.7 Å². The molecule has 0 radical (unpaired) electrons. The minimum Gasteiger partial charge on any atom is -0.395 e. The number of rotatable bonds is 3. The molecule has 0 heterocycles. The van der Waals surface area contributed by atoms with Crippen LogP contribution in [0.4, 0.5) is 0 Å². The Hall–Kier alpha value is -0.570. The molecule has 0 bridgehead atoms. The highest BCUT2D eigenvalue weighted by Gasteiger charge is 2.22. The summed E-state index contributed by atoms with van der Waals surface area (Å²) in [6, 6.07) is 6.57. The minimum absolute atomic E-state index is 0.134. The molecule has 2 rings (SSSR count). The van der Waals surface area contributed by atoms with Crippen molar-refractivity contribution in [2.45, 2.75) is 38.3 Å². The van der Waals surface area contributed by atoms with Gasteiger partial charge in [-0.2, -0.15) is 0 Å². The highest BCUT2D eigenvalue weighted by Crippen LogP contribution is 2.33. The summed E-state index contributed by atoms with van der Waals surface area (Å²) in [6.45, 7) is 2.17. The van der Waals surface area contributed by atoms with Crippen LogP contribution in [0, 0.1) is 0 Å². The van der Waals surface area contributed by atoms with Crippen LogP contribution in [0.15, 0.2) is 18.2 Å². The van der Waals surface area contributed by atoms with Crippen molar-refractivity contribution >= 4 is 11.6 Å². The van der Waals surface area contributed by atoms with E-state index in [0.29, 0.717) is 6.04 Å². The smallest absolute Gasteiger partial charge is 0.0582 e. The topological polar surface area (TPSA) is 32.3 Å². The van der Waals surface area contributed by atoms with Gasteiger partial charge in [0, 0.05) is 17.1 Å². The molecule has 1 aliphatic carbocycles. The van der Waals surface area contributed by atoms with Gasteiger partial charge in [0.1, 0.15) is 0 Å². The van der Waals surface area contributed by atoms with Gasteiger partial charge in [0.2, 0.25) is 0 Å². The molecule has 0 saturated heterocycles. The van der Waals surface area contributed by atoms with E-state index < -0.39 is 0 Å². The first-order valence-electron chi connectivity index (χ1n) is 5.86. The second kappa shape index (κ2) is 5.17. The van der Waals surface area contributed by atoms with Gasteiger partial charge >= 0.3 is 0 Å². The van der Waals surface area contributed by atoms with Crippen molar-refractivity contribution in [2.75, 3.05) is 6.61 Å². The maximum Gasteiger partial charge on any atom is 0.0582 e. The fourth-order valence-electron chi connectivity index (χ4n) is 2.37. The zero-order chi connectivity index (χ0) is 11.5. The van der Waals surface area contributed by atoms with E-state index in [-0.39, 0.29) is 12.6 Å². The Morgan fingerprint density at radius 1 is 1.56 bits per heavy atom. The Labute approximate surface area is 102 Å². The molecule has 2 nitrogen and oxygen atoms in total. The molecule has 3 heteroatoms. The molecule has 0 aromatic heterocycles. The molecule has 2 atom stereocenters. The Bertz CT molecular complexity index is 367. The first kappa shape index (κ1) is 11.9. The molecule has 1 aromatic rings. The SMILES string of the molecule is C[C@@H](CO)NC1CCCc2c(Cl)cccc21. The van der Waals surface area contributed by atoms with E-state index in [0.717, 1.165) is 24.3 Å². The van der Waals surface area contributed by atoms with Crippen molar-refractivity contribution in [1.29, 1.82) is 0 Å². The van der Waals surface area contributed by atoms with Gasteiger partial charge in [0.15, 0.2) is 0 Å². The summed E-state index contributed by atoms with van der Waals surface area (Å²) in [5, 5.41) is 13.4. The molecule has 1 aliphatic rings. The summed E-state index contributed by atoms with van der Waals surface area (Å²) in [5.41, 5.74) is 2.58. The lowest BCUT2D eigenvalue weighted by Gasteiger charge is -2.29. The zero-order valence-electron chi connectivity index (χ0n) is 9.54. The molecule has 0 amide bonds. The van der Waals surface area contributed by atoms with E-state index >= 15 is 0 Å². The van der Waals surface area contributed by atoms with Crippen LogP contribution < -0.4 is 5.32 Å². The molecule has 1 unspecified atom stereocenters. The van der Waals surface area contributed by atoms with Crippen molar-refractivity contribution in [3.8, 4) is 0 Å². The van der Waals surface area contributed by atoms with E-state index in [9.17, 15) is 0 Å². The van der Waals surface area contributed by atoms with Crippen LogP contribution in [0.1, 0.15) is 36.9 Å². The molecule has 16 heavy (non-hydrogen) atoms. The molecule has 0 fully saturated rings. The van der Waals surface area contributed by atoms with Gasteiger partial charge in [-0.15, -0.1) is 0 Å². The zero-order valence-corrected chi connectivity index (χ0v) is 10.3. The van der Waals surface area contributed by atoms with Crippen molar-refractivity contribution < 1.29 is 5.11 Å². The van der Waals surface area contributed by atoms with Gasteiger partial charge in [-0.25, -0.2) is 0 Å². The third-order valence-electron chi connectivity index (χ3n) is 3.21. The second-order valence-electron chi connectivity index (χ2n) is 4.50. The highest BCUT2D eigenvalue weighted by molar-refractivity contribution is 6.31. The van der Waals surface area contributed by atoms with Crippen LogP contribution in [0.3, 0.4) is 0 Å². The largest absolute Gasteiger partial charge is 0.395 e. The second-order valence-corrected chi connectivity index (χ2v) is 4.91. The summed E-state index contributed by atoms with van der Waals surface area (Å²) in [7, 11) is 0. The summed E-state index contributed by atoms with van der Waals surface area (Å²) in [4.78, 5) is 0. The van der Waals surface area contributed by atoms with Crippen molar-refractivity contribution in [3.05, 3.63) is 34.3 Å². The fraction of sp³-hybridized carbons (Fsp3) is 0.538. The number of aliphatic hydroxyl groups is 1. The number of hydrogen-bond donors (Lipinski definition) is 2. The Kier molecular flexibility index (Phi) is 3.85. The molecule has 0 spiro atoms. The molecular weight excluding hydrogens is 222 g/mol. The van der Waals surface area contributed by atoms with Crippen LogP contribution in [0.2, 0.25) is 5.02 Å². The van der Waals surface area contributed by atoms with E-state index in [4.69, 9.17) is 16.7 Å². The van der Waals surface area contributed by atoms with Crippen LogP contribution in [-0.2, 0) is 6.42 Å². The number of hydrogen-bond acceptors (Lipinski definition) is 2. The van der Waals surface area contributed by atoms with Crippen LogP contribution in [-0.4, -0.2) is 17.8 Å². The first-order chi connectivity index (χ1) is 7.72. The standard InChI is InChI=1S/C13H18ClNO/c1-9(8-16)15-13-7-3-4-10-11(13)5-2-6-12(10)14/h2,5-6,9,13,15-16H,3-4,7-8H2,1H3/t9-,13?/m0/s1. The van der Waals surface area contributed by atoms with Gasteiger partial charge in [0.05, 0.1) is 6.61 Å². The maximum absolute atomic E-state index is 9.08. The Morgan fingerprint density at radius 2 is 2.38 bits per heavy atom. The van der Waals surface area contributed by atoms with E-state index in [2.05, 4.69) is 11.4 Å². The first-order valence-corrected chi connectivity index (χ1v) is 6.24. The van der Waals surface area contributed by atoms with Crippen molar-refractivity contribution in [1.82, 2.24) is 5.32 Å². The van der Waals surface area contributed by atoms with Crippen molar-refractivity contribution in [3.63, 3.8) is 0 Å². The average molecular weight is 240 g/mol. The van der Waals surface area contributed by atoms with Crippen LogP contribution in [0.5, 0.6) is 0 Å². The van der Waals surface area contributed by atoms with Gasteiger partial charge < -0.3 is 10.4 Å². The molecular formula is C13H18ClNO. The monoisotopic (exact) mass is 239 g/mol. The summed E-state index contributed by atoms with van der Waals surface area (Å²) >= 11 is 6.20. The minimum atomic E-state index is 0.134. The highest BCUT2D eigenvalue weighted by atomic mass is 35.5. The van der Waals surface area contributed by atoms with E-state index in [1.54, 1.807) is 0 Å². The molecule has 0 aliphatic heterocycles. The molecule has 2 N–H and O–H groups in total. The molecule has 1 aromatic carbocycles. The van der Waals surface area contributed by atoms with Gasteiger partial charge in [-0.3, -0.25) is 0 Å². The fourth-order valence-corrected chi connectivity index (χ4v) is 2.65. The predicted molar refractivity (Wildman–Crippen MR) is 66.8 cm³/mol. The lowest BCUT2D eigenvalue weighted by Crippen LogP contribution is -2.35. The summed E-state index contributed by atoms with van der Waals surface area (Å²) in [6.07, 6.45) is 3.35. The lowest BCUT2D eigenvalue weighted by atomic mass is 9.87. The number of benzene rings is 1. The molecule has 88 valence electrons. The average Bonchev–Trinajstić information content (AvgIpc) is 2.30. The third kappa shape index (κ3) is 2.40. The number of halogens is 1.